The molecule has 0 aromatic carbocycles. The van der Waals surface area contributed by atoms with E-state index in [9.17, 15) is 8.42 Å². The van der Waals surface area contributed by atoms with Crippen LogP contribution < -0.4 is 4.72 Å². The molecule has 0 saturated carbocycles. The second kappa shape index (κ2) is 5.35. The van der Waals surface area contributed by atoms with Crippen molar-refractivity contribution < 1.29 is 8.42 Å². The Balaban J connectivity index is 2.06. The van der Waals surface area contributed by atoms with Gasteiger partial charge in [-0.25, -0.2) is 13.4 Å². The Labute approximate surface area is 107 Å². The van der Waals surface area contributed by atoms with Gasteiger partial charge in [-0.2, -0.15) is 0 Å². The normalized spacial score (nSPS) is 15.6. The van der Waals surface area contributed by atoms with Gasteiger partial charge in [0, 0.05) is 4.88 Å². The Hall–Kier alpha value is -0.620. The third-order valence-electron chi connectivity index (χ3n) is 2.86. The van der Waals surface area contributed by atoms with Gasteiger partial charge in [-0.05, 0) is 32.1 Å². The molecule has 0 saturated heterocycles. The second-order valence-electron chi connectivity index (χ2n) is 4.37. The summed E-state index contributed by atoms with van der Waals surface area (Å²) in [6, 6.07) is 0. The van der Waals surface area contributed by atoms with Crippen molar-refractivity contribution in [1.29, 1.82) is 0 Å². The van der Waals surface area contributed by atoms with Crippen molar-refractivity contribution in [2.75, 3.05) is 10.5 Å². The molecular weight excluding hydrogens is 256 g/mol. The van der Waals surface area contributed by atoms with E-state index >= 15 is 0 Å². The molecule has 4 nitrogen and oxygen atoms in total. The highest BCUT2D eigenvalue weighted by Gasteiger charge is 2.18. The molecule has 2 rings (SSSR count). The first-order valence-electron chi connectivity index (χ1n) is 6.10. The number of nitrogens with zero attached hydrogens (tertiary/aromatic N) is 1. The number of fused-ring (bicyclic) bond motifs is 1. The largest absolute Gasteiger partial charge is 0.259 e. The van der Waals surface area contributed by atoms with E-state index in [4.69, 9.17) is 0 Å². The number of unbranched alkanes of at least 4 members (excludes halogenated alkanes) is 1. The van der Waals surface area contributed by atoms with Crippen LogP contribution in [0.3, 0.4) is 0 Å². The van der Waals surface area contributed by atoms with Crippen LogP contribution in [0.4, 0.5) is 5.13 Å². The lowest BCUT2D eigenvalue weighted by Gasteiger charge is -2.06. The number of nitrogens with one attached hydrogen (secondary N) is 1. The minimum atomic E-state index is -3.20. The van der Waals surface area contributed by atoms with Crippen molar-refractivity contribution in [2.24, 2.45) is 0 Å². The smallest absolute Gasteiger partial charge is 0.234 e. The van der Waals surface area contributed by atoms with Gasteiger partial charge in [0.2, 0.25) is 10.0 Å². The van der Waals surface area contributed by atoms with Crippen LogP contribution in [0.1, 0.15) is 43.2 Å². The van der Waals surface area contributed by atoms with Gasteiger partial charge < -0.3 is 0 Å². The highest BCUT2D eigenvalue weighted by atomic mass is 32.2. The van der Waals surface area contributed by atoms with E-state index in [1.807, 2.05) is 6.92 Å². The van der Waals surface area contributed by atoms with Crippen LogP contribution in [0.2, 0.25) is 0 Å². The van der Waals surface area contributed by atoms with E-state index in [-0.39, 0.29) is 5.75 Å². The zero-order chi connectivity index (χ0) is 12.3. The molecule has 17 heavy (non-hydrogen) atoms. The van der Waals surface area contributed by atoms with Crippen molar-refractivity contribution in [1.82, 2.24) is 4.98 Å². The summed E-state index contributed by atoms with van der Waals surface area (Å²) in [4.78, 5) is 5.63. The van der Waals surface area contributed by atoms with E-state index in [0.29, 0.717) is 11.6 Å². The predicted molar refractivity (Wildman–Crippen MR) is 71.1 cm³/mol. The zero-order valence-corrected chi connectivity index (χ0v) is 11.7. The summed E-state index contributed by atoms with van der Waals surface area (Å²) in [7, 11) is -3.20. The van der Waals surface area contributed by atoms with E-state index in [2.05, 4.69) is 9.71 Å². The van der Waals surface area contributed by atoms with E-state index in [0.717, 1.165) is 25.0 Å². The Morgan fingerprint density at radius 1 is 1.35 bits per heavy atom. The average molecular weight is 274 g/mol. The molecule has 1 aliphatic carbocycles. The number of sulfonamides is 1. The van der Waals surface area contributed by atoms with Crippen molar-refractivity contribution in [3.8, 4) is 0 Å². The average Bonchev–Trinajstić information content (AvgIpc) is 2.67. The first kappa shape index (κ1) is 12.8. The molecule has 0 unspecified atom stereocenters. The monoisotopic (exact) mass is 274 g/mol. The van der Waals surface area contributed by atoms with Crippen LogP contribution in [-0.4, -0.2) is 19.2 Å². The molecule has 1 heterocycles. The fraction of sp³-hybridized carbons (Fsp3) is 0.727. The van der Waals surface area contributed by atoms with Crippen LogP contribution >= 0.6 is 11.3 Å². The number of hydrogen-bond acceptors (Lipinski definition) is 4. The molecular formula is C11H18N2O2S2. The van der Waals surface area contributed by atoms with Gasteiger partial charge in [0.25, 0.3) is 0 Å². The van der Waals surface area contributed by atoms with E-state index in [1.165, 1.54) is 29.1 Å². The van der Waals surface area contributed by atoms with E-state index in [1.54, 1.807) is 0 Å². The minimum Gasteiger partial charge on any atom is -0.259 e. The molecule has 0 amide bonds. The van der Waals surface area contributed by atoms with Crippen LogP contribution in [0.5, 0.6) is 0 Å². The van der Waals surface area contributed by atoms with Crippen LogP contribution in [-0.2, 0) is 22.9 Å². The fourth-order valence-corrected chi connectivity index (χ4v) is 4.45. The molecule has 1 aliphatic rings. The molecule has 0 radical (unpaired) electrons. The first-order valence-corrected chi connectivity index (χ1v) is 8.56. The molecule has 1 aromatic rings. The van der Waals surface area contributed by atoms with Gasteiger partial charge in [0.15, 0.2) is 5.13 Å². The van der Waals surface area contributed by atoms with Gasteiger partial charge in [0.1, 0.15) is 0 Å². The van der Waals surface area contributed by atoms with Gasteiger partial charge in [-0.3, -0.25) is 4.72 Å². The first-order chi connectivity index (χ1) is 8.11. The summed E-state index contributed by atoms with van der Waals surface area (Å²) in [6.07, 6.45) is 5.97. The molecule has 6 heteroatoms. The molecule has 1 N–H and O–H groups in total. The Bertz CT molecular complexity index is 456. The lowest BCUT2D eigenvalue weighted by atomic mass is 10.0. The van der Waals surface area contributed by atoms with Gasteiger partial charge in [-0.1, -0.05) is 13.3 Å². The summed E-state index contributed by atoms with van der Waals surface area (Å²) >= 11 is 1.49. The Morgan fingerprint density at radius 3 is 2.82 bits per heavy atom. The van der Waals surface area contributed by atoms with Crippen molar-refractivity contribution >= 4 is 26.5 Å². The number of rotatable bonds is 5. The van der Waals surface area contributed by atoms with Crippen molar-refractivity contribution in [2.45, 2.75) is 45.4 Å². The molecule has 0 fully saturated rings. The zero-order valence-electron chi connectivity index (χ0n) is 10.0. The SMILES string of the molecule is CCCCS(=O)(=O)Nc1nc2c(s1)CCCC2. The minimum absolute atomic E-state index is 0.188. The third-order valence-corrected chi connectivity index (χ3v) is 5.39. The maximum absolute atomic E-state index is 11.7. The third kappa shape index (κ3) is 3.42. The molecule has 0 aliphatic heterocycles. The number of aryl methyl sites for hydroxylation is 2. The molecule has 0 spiro atoms. The number of aromatic nitrogens is 1. The number of anilines is 1. The van der Waals surface area contributed by atoms with Crippen molar-refractivity contribution in [3.63, 3.8) is 0 Å². The van der Waals surface area contributed by atoms with Gasteiger partial charge >= 0.3 is 0 Å². The summed E-state index contributed by atoms with van der Waals surface area (Å²) in [5, 5.41) is 0.549. The lowest BCUT2D eigenvalue weighted by Crippen LogP contribution is -2.16. The van der Waals surface area contributed by atoms with E-state index < -0.39 is 10.0 Å². The standard InChI is InChI=1S/C11H18N2O2S2/c1-2-3-8-17(14,15)13-11-12-9-6-4-5-7-10(9)16-11/h2-8H2,1H3,(H,12,13). The Morgan fingerprint density at radius 2 is 2.12 bits per heavy atom. The van der Waals surface area contributed by atoms with Crippen LogP contribution in [0, 0.1) is 0 Å². The van der Waals surface area contributed by atoms with Gasteiger partial charge in [-0.15, -0.1) is 11.3 Å². The van der Waals surface area contributed by atoms with Crippen molar-refractivity contribution in [3.05, 3.63) is 10.6 Å². The maximum Gasteiger partial charge on any atom is 0.234 e. The fourth-order valence-electron chi connectivity index (χ4n) is 1.91. The molecule has 0 atom stereocenters. The topological polar surface area (TPSA) is 59.1 Å². The second-order valence-corrected chi connectivity index (χ2v) is 7.30. The van der Waals surface area contributed by atoms with Crippen LogP contribution in [0.25, 0.3) is 0 Å². The molecule has 0 bridgehead atoms. The highest BCUT2D eigenvalue weighted by Crippen LogP contribution is 2.30. The number of thiazole rings is 1. The summed E-state index contributed by atoms with van der Waals surface area (Å²) in [6.45, 7) is 1.98. The molecule has 96 valence electrons. The summed E-state index contributed by atoms with van der Waals surface area (Å²) < 4.78 is 26.0. The maximum atomic E-state index is 11.7. The Kier molecular flexibility index (Phi) is 4.04. The lowest BCUT2D eigenvalue weighted by molar-refractivity contribution is 0.598. The number of hydrogen-bond donors (Lipinski definition) is 1. The highest BCUT2D eigenvalue weighted by molar-refractivity contribution is 7.92. The molecule has 1 aromatic heterocycles. The van der Waals surface area contributed by atoms with Crippen LogP contribution in [0.15, 0.2) is 0 Å². The summed E-state index contributed by atoms with van der Waals surface area (Å²) in [5.74, 6) is 0.188. The predicted octanol–water partition coefficient (Wildman–Crippen LogP) is 2.56. The summed E-state index contributed by atoms with van der Waals surface area (Å²) in [5.41, 5.74) is 1.09. The van der Waals surface area contributed by atoms with Gasteiger partial charge in [0.05, 0.1) is 11.4 Å². The quantitative estimate of drug-likeness (QED) is 0.897.